The third kappa shape index (κ3) is 3.31. The van der Waals surface area contributed by atoms with E-state index in [1.54, 1.807) is 0 Å². The first-order chi connectivity index (χ1) is 13.6. The van der Waals surface area contributed by atoms with E-state index in [1.807, 2.05) is 43.5 Å². The van der Waals surface area contributed by atoms with Gasteiger partial charge < -0.3 is 5.11 Å². The number of sulfonamides is 1. The molecule has 156 valence electrons. The molecule has 2 aliphatic carbocycles. The standard InChI is InChI=1S/C21H25NO5S2/c1-20(2)14-7-8-21(20,18(23)10-14)12-29(26,27)22-16(19(24)25)9-13-11-28-17-6-4-3-5-15(13)17/h3-6,11,14,16,22H,7-10,12H2,1-2H3,(H,24,25). The second-order valence-corrected chi connectivity index (χ2v) is 11.6. The third-order valence-corrected chi connectivity index (χ3v) is 9.71. The molecule has 3 atom stereocenters. The van der Waals surface area contributed by atoms with E-state index >= 15 is 0 Å². The monoisotopic (exact) mass is 435 g/mol. The lowest BCUT2D eigenvalue weighted by Crippen LogP contribution is -2.49. The average molecular weight is 436 g/mol. The van der Waals surface area contributed by atoms with E-state index in [-0.39, 0.29) is 29.3 Å². The molecule has 2 saturated carbocycles. The number of carboxylic acids is 1. The maximum absolute atomic E-state index is 13.0. The fourth-order valence-corrected chi connectivity index (χ4v) is 8.28. The molecule has 2 aliphatic rings. The highest BCUT2D eigenvalue weighted by atomic mass is 32.2. The van der Waals surface area contributed by atoms with Gasteiger partial charge in [0.15, 0.2) is 0 Å². The van der Waals surface area contributed by atoms with E-state index in [0.29, 0.717) is 12.8 Å². The zero-order chi connectivity index (χ0) is 21.0. The number of rotatable bonds is 7. The van der Waals surface area contributed by atoms with Gasteiger partial charge in [-0.1, -0.05) is 32.0 Å². The van der Waals surface area contributed by atoms with Crippen LogP contribution in [0.4, 0.5) is 0 Å². The Labute approximate surface area is 174 Å². The lowest BCUT2D eigenvalue weighted by atomic mass is 9.70. The summed E-state index contributed by atoms with van der Waals surface area (Å²) in [6, 6.07) is 6.38. The second-order valence-electron chi connectivity index (χ2n) is 8.90. The van der Waals surface area contributed by atoms with E-state index in [2.05, 4.69) is 4.72 Å². The summed E-state index contributed by atoms with van der Waals surface area (Å²) in [5.74, 6) is -1.35. The minimum atomic E-state index is -3.96. The van der Waals surface area contributed by atoms with Crippen molar-refractivity contribution in [3.63, 3.8) is 0 Å². The van der Waals surface area contributed by atoms with Crippen molar-refractivity contribution >= 4 is 43.2 Å². The Morgan fingerprint density at radius 3 is 2.69 bits per heavy atom. The number of hydrogen-bond acceptors (Lipinski definition) is 5. The van der Waals surface area contributed by atoms with Gasteiger partial charge in [0.25, 0.3) is 0 Å². The van der Waals surface area contributed by atoms with Gasteiger partial charge in [0.05, 0.1) is 5.75 Å². The van der Waals surface area contributed by atoms with Gasteiger partial charge in [-0.2, -0.15) is 0 Å². The van der Waals surface area contributed by atoms with E-state index < -0.39 is 27.4 Å². The van der Waals surface area contributed by atoms with Gasteiger partial charge in [-0.15, -0.1) is 11.3 Å². The van der Waals surface area contributed by atoms with Crippen LogP contribution in [0.5, 0.6) is 0 Å². The van der Waals surface area contributed by atoms with Crippen LogP contribution in [-0.4, -0.2) is 37.1 Å². The fraction of sp³-hybridized carbons (Fsp3) is 0.524. The molecule has 1 aromatic heterocycles. The Morgan fingerprint density at radius 1 is 1.34 bits per heavy atom. The quantitative estimate of drug-likeness (QED) is 0.696. The predicted octanol–water partition coefficient (Wildman–Crippen LogP) is 3.21. The first-order valence-corrected chi connectivity index (χ1v) is 12.3. The zero-order valence-electron chi connectivity index (χ0n) is 16.5. The number of ketones is 1. The molecule has 29 heavy (non-hydrogen) atoms. The summed E-state index contributed by atoms with van der Waals surface area (Å²) in [4.78, 5) is 24.5. The number of thiophene rings is 1. The number of carbonyl (C=O) groups excluding carboxylic acids is 1. The first-order valence-electron chi connectivity index (χ1n) is 9.77. The smallest absolute Gasteiger partial charge is 0.322 e. The molecule has 6 nitrogen and oxygen atoms in total. The summed E-state index contributed by atoms with van der Waals surface area (Å²) >= 11 is 1.51. The Hall–Kier alpha value is -1.77. The maximum Gasteiger partial charge on any atom is 0.322 e. The average Bonchev–Trinajstić information content (AvgIpc) is 3.20. The van der Waals surface area contributed by atoms with Crippen LogP contribution in [0, 0.1) is 16.7 Å². The minimum absolute atomic E-state index is 0.000159. The maximum atomic E-state index is 13.0. The third-order valence-electron chi connectivity index (χ3n) is 7.18. The first kappa shape index (κ1) is 20.5. The predicted molar refractivity (Wildman–Crippen MR) is 112 cm³/mol. The molecule has 1 heterocycles. The van der Waals surface area contributed by atoms with E-state index in [0.717, 1.165) is 22.1 Å². The summed E-state index contributed by atoms with van der Waals surface area (Å²) in [5.41, 5.74) is -0.500. The molecule has 0 aliphatic heterocycles. The van der Waals surface area contributed by atoms with Gasteiger partial charge in [-0.3, -0.25) is 9.59 Å². The number of carboxylic acid groups (broad SMARTS) is 1. The highest BCUT2D eigenvalue weighted by molar-refractivity contribution is 7.89. The molecule has 2 aromatic rings. The minimum Gasteiger partial charge on any atom is -0.480 e. The Morgan fingerprint density at radius 2 is 2.07 bits per heavy atom. The number of fused-ring (bicyclic) bond motifs is 3. The lowest BCUT2D eigenvalue weighted by Gasteiger charge is -2.36. The molecule has 2 N–H and O–H groups in total. The highest BCUT2D eigenvalue weighted by Crippen LogP contribution is 2.64. The topological polar surface area (TPSA) is 101 Å². The number of hydrogen-bond donors (Lipinski definition) is 2. The Bertz CT molecular complexity index is 1090. The van der Waals surface area contributed by atoms with Crippen molar-refractivity contribution in [1.82, 2.24) is 4.72 Å². The van der Waals surface area contributed by atoms with Crippen molar-refractivity contribution in [2.75, 3.05) is 5.75 Å². The van der Waals surface area contributed by atoms with Crippen molar-refractivity contribution in [2.45, 2.75) is 45.6 Å². The number of Topliss-reactive ketones (excluding diaryl/α,β-unsaturated/α-hetero) is 1. The van der Waals surface area contributed by atoms with Gasteiger partial charge in [0, 0.05) is 23.0 Å². The largest absolute Gasteiger partial charge is 0.480 e. The van der Waals surface area contributed by atoms with Crippen LogP contribution < -0.4 is 4.72 Å². The van der Waals surface area contributed by atoms with Gasteiger partial charge in [0.2, 0.25) is 10.0 Å². The summed E-state index contributed by atoms with van der Waals surface area (Å²) in [7, 11) is -3.96. The van der Waals surface area contributed by atoms with Crippen LogP contribution in [-0.2, 0) is 26.0 Å². The Kier molecular flexibility index (Phi) is 4.87. The number of benzene rings is 1. The highest BCUT2D eigenvalue weighted by Gasteiger charge is 2.65. The summed E-state index contributed by atoms with van der Waals surface area (Å²) in [6.45, 7) is 3.94. The van der Waals surface area contributed by atoms with Crippen molar-refractivity contribution in [1.29, 1.82) is 0 Å². The molecule has 0 spiro atoms. The van der Waals surface area contributed by atoms with Crippen LogP contribution in [0.25, 0.3) is 10.1 Å². The molecule has 0 amide bonds. The molecule has 2 bridgehead atoms. The van der Waals surface area contributed by atoms with E-state index in [4.69, 9.17) is 0 Å². The van der Waals surface area contributed by atoms with Crippen LogP contribution in [0.3, 0.4) is 0 Å². The molecule has 8 heteroatoms. The zero-order valence-corrected chi connectivity index (χ0v) is 18.1. The molecular formula is C21H25NO5S2. The van der Waals surface area contributed by atoms with Crippen LogP contribution >= 0.6 is 11.3 Å². The Balaban J connectivity index is 1.57. The molecule has 3 unspecified atom stereocenters. The SMILES string of the molecule is CC1(C)C2CCC1(CS(=O)(=O)NC(Cc1csc3ccccc13)C(=O)O)C(=O)C2. The van der Waals surface area contributed by atoms with Crippen molar-refractivity contribution in [2.24, 2.45) is 16.7 Å². The fourth-order valence-electron chi connectivity index (χ4n) is 5.28. The van der Waals surface area contributed by atoms with Gasteiger partial charge in [-0.25, -0.2) is 13.1 Å². The number of carbonyl (C=O) groups is 2. The lowest BCUT2D eigenvalue weighted by molar-refractivity contribution is -0.138. The van der Waals surface area contributed by atoms with E-state index in [1.165, 1.54) is 11.3 Å². The van der Waals surface area contributed by atoms with Crippen LogP contribution in [0.2, 0.25) is 0 Å². The van der Waals surface area contributed by atoms with Gasteiger partial charge in [-0.05, 0) is 46.6 Å². The van der Waals surface area contributed by atoms with Crippen molar-refractivity contribution < 1.29 is 23.1 Å². The summed E-state index contributed by atoms with van der Waals surface area (Å²) in [5, 5.41) is 12.5. The van der Waals surface area contributed by atoms with Gasteiger partial charge >= 0.3 is 5.97 Å². The number of nitrogens with one attached hydrogen (secondary N) is 1. The van der Waals surface area contributed by atoms with Crippen LogP contribution in [0.1, 0.15) is 38.7 Å². The van der Waals surface area contributed by atoms with Gasteiger partial charge in [0.1, 0.15) is 11.8 Å². The van der Waals surface area contributed by atoms with E-state index in [9.17, 15) is 23.1 Å². The molecule has 4 rings (SSSR count). The summed E-state index contributed by atoms with van der Waals surface area (Å²) in [6.07, 6.45) is 1.88. The molecular weight excluding hydrogens is 410 g/mol. The normalized spacial score (nSPS) is 26.8. The number of aliphatic carboxylic acids is 1. The van der Waals surface area contributed by atoms with Crippen LogP contribution in [0.15, 0.2) is 29.6 Å². The summed E-state index contributed by atoms with van der Waals surface area (Å²) < 4.78 is 29.4. The molecule has 0 radical (unpaired) electrons. The molecule has 0 saturated heterocycles. The second kappa shape index (κ2) is 6.89. The van der Waals surface area contributed by atoms with Crippen molar-refractivity contribution in [3.8, 4) is 0 Å². The van der Waals surface area contributed by atoms with Crippen molar-refractivity contribution in [3.05, 3.63) is 35.2 Å². The molecule has 2 fully saturated rings. The molecule has 1 aromatic carbocycles.